The van der Waals surface area contributed by atoms with Gasteiger partial charge in [0.2, 0.25) is 0 Å². The van der Waals surface area contributed by atoms with Crippen LogP contribution in [-0.2, 0) is 34.0 Å². The molecule has 5 fully saturated rings. The van der Waals surface area contributed by atoms with Crippen LogP contribution >= 0.6 is 34.8 Å². The molecule has 0 saturated carbocycles. The van der Waals surface area contributed by atoms with Gasteiger partial charge in [0.15, 0.2) is 19.8 Å². The Morgan fingerprint density at radius 2 is 0.733 bits per heavy atom. The molecule has 0 aliphatic carbocycles. The summed E-state index contributed by atoms with van der Waals surface area (Å²) in [5.41, 5.74) is 12.2. The van der Waals surface area contributed by atoms with E-state index in [1.807, 2.05) is 148 Å². The highest BCUT2D eigenvalue weighted by atomic mass is 35.5. The lowest BCUT2D eigenvalue weighted by atomic mass is 9.89. The Hall–Kier alpha value is -12.0. The minimum Gasteiger partial charge on any atom is -0.489 e. The van der Waals surface area contributed by atoms with E-state index in [0.717, 1.165) is 56.7 Å². The Bertz CT molecular complexity index is 6290. The molecule has 1 unspecified atom stereocenters. The number of likely N-dealkylation sites (N-methyl/N-ethyl adjacent to an activating group) is 2. The van der Waals surface area contributed by atoms with Gasteiger partial charge in [0, 0.05) is 132 Å². The van der Waals surface area contributed by atoms with Crippen molar-refractivity contribution in [2.75, 3.05) is 164 Å². The third-order valence-electron chi connectivity index (χ3n) is 24.8. The zero-order valence-corrected chi connectivity index (χ0v) is 80.1. The zero-order valence-electron chi connectivity index (χ0n) is 77.8. The fraction of sp³-hybridized carbons (Fsp3) is 0.388. The third kappa shape index (κ3) is 25.0. The number of ether oxygens (including phenoxy) is 6. The van der Waals surface area contributed by atoms with E-state index >= 15 is 0 Å². The van der Waals surface area contributed by atoms with Crippen molar-refractivity contribution in [3.8, 4) is 51.6 Å². The van der Waals surface area contributed by atoms with E-state index in [1.165, 1.54) is 0 Å². The monoisotopic (exact) mass is 1890 g/mol. The van der Waals surface area contributed by atoms with Gasteiger partial charge in [-0.15, -0.1) is 0 Å². The van der Waals surface area contributed by atoms with E-state index in [-0.39, 0.29) is 85.2 Å². The number of nitrogens with two attached hydrogens (primary N) is 1. The molecule has 710 valence electrons. The Morgan fingerprint density at radius 3 is 1.09 bits per heavy atom. The molecule has 32 heteroatoms. The normalized spacial score (nSPS) is 16.3. The molecule has 135 heavy (non-hydrogen) atoms. The Morgan fingerprint density at radius 1 is 0.400 bits per heavy atom. The van der Waals surface area contributed by atoms with E-state index < -0.39 is 0 Å². The van der Waals surface area contributed by atoms with Crippen LogP contribution in [0.2, 0.25) is 15.1 Å². The molecule has 1 atom stereocenters. The number of benzene rings is 9. The lowest BCUT2D eigenvalue weighted by Gasteiger charge is -2.38. The van der Waals surface area contributed by atoms with Gasteiger partial charge >= 0.3 is 0 Å². The van der Waals surface area contributed by atoms with Crippen molar-refractivity contribution in [3.63, 3.8) is 0 Å². The summed E-state index contributed by atoms with van der Waals surface area (Å²) in [4.78, 5) is 116. The minimum absolute atomic E-state index is 0.0328. The number of piperidine rings is 1. The summed E-state index contributed by atoms with van der Waals surface area (Å²) >= 11 is 17.8. The molecule has 17 rings (SSSR count). The number of fused-ring (bicyclic) bond motifs is 3. The number of likely N-dealkylation sites (tertiary alicyclic amines) is 1. The Balaban J connectivity index is 0.000000155. The second-order valence-corrected chi connectivity index (χ2v) is 36.8. The molecule has 0 radical (unpaired) electrons. The summed E-state index contributed by atoms with van der Waals surface area (Å²) in [7, 11) is 4.28. The predicted octanol–water partition coefficient (Wildman–Crippen LogP) is 13.3. The van der Waals surface area contributed by atoms with Gasteiger partial charge in [-0.25, -0.2) is 15.0 Å². The molecule has 12 aromatic rings. The summed E-state index contributed by atoms with van der Waals surface area (Å²) in [6, 6.07) is 61.2. The molecule has 0 bridgehead atoms. The molecule has 5 aliphatic rings. The summed E-state index contributed by atoms with van der Waals surface area (Å²) in [5.74, 6) is 5.65. The number of rotatable bonds is 28. The molecule has 9 aromatic carbocycles. The number of aliphatic hydroxyl groups excluding tert-OH is 1. The maximum Gasteiger partial charge on any atom is 0.266 e. The smallest absolute Gasteiger partial charge is 0.266 e. The molecule has 0 spiro atoms. The number of aliphatic hydroxyl groups is 1. The fourth-order valence-corrected chi connectivity index (χ4v) is 18.0. The number of para-hydroxylation sites is 6. The third-order valence-corrected chi connectivity index (χ3v) is 25.6. The average molecular weight is 1900 g/mol. The van der Waals surface area contributed by atoms with Crippen molar-refractivity contribution in [2.24, 2.45) is 0 Å². The van der Waals surface area contributed by atoms with Crippen LogP contribution in [0.15, 0.2) is 215 Å². The number of β-amino-alcohol motifs (C(OH)–C–C–N with tert-alkyl or cyclic N) is 1. The summed E-state index contributed by atoms with van der Waals surface area (Å²) in [6.07, 6.45) is 1.76. The van der Waals surface area contributed by atoms with E-state index in [0.29, 0.717) is 233 Å². The maximum atomic E-state index is 14.5. The van der Waals surface area contributed by atoms with Gasteiger partial charge in [-0.05, 0) is 250 Å². The first-order valence-electron chi connectivity index (χ1n) is 46.3. The van der Waals surface area contributed by atoms with E-state index in [1.54, 1.807) is 110 Å². The van der Waals surface area contributed by atoms with Crippen LogP contribution in [-0.4, -0.2) is 272 Å². The first-order chi connectivity index (χ1) is 65.2. The van der Waals surface area contributed by atoms with Crippen LogP contribution in [0.5, 0.6) is 34.5 Å². The van der Waals surface area contributed by atoms with Crippen molar-refractivity contribution in [2.45, 2.75) is 104 Å². The molecular weight excluding hydrogens is 1780 g/mol. The molecule has 3 aromatic heterocycles. The number of halogens is 3. The SMILES string of the molecule is CC(C)Oc1ccccc1-n1c(CN2CCN(C(=O)COc3ccc(Cl)cc3)CC2)nc2ccc(C3CCN(CCO)CC3)cc2c1=O.CC(C)Oc1ccccc1-n1c(CN2CCN(C(=O)COc3ccc(Cl)cc3)CC2)nc2ccc(C3CN(C)CCN3C)cc2c1=O.CC(C)Oc1ccccc1-n1c(CN2CCN(C(=O)COc3ccc(Cl)cc3)CC2)nc2ccc(N)cc2c1=O. The number of hydrogen-bond donors (Lipinski definition) is 2. The number of nitrogen functional groups attached to an aromatic ring is 1. The van der Waals surface area contributed by atoms with Gasteiger partial charge < -0.3 is 63.8 Å². The highest BCUT2D eigenvalue weighted by molar-refractivity contribution is 6.31. The number of nitrogens with zero attached hydrogens (tertiary/aromatic N) is 15. The van der Waals surface area contributed by atoms with Crippen LogP contribution in [0.25, 0.3) is 49.8 Å². The van der Waals surface area contributed by atoms with Gasteiger partial charge in [-0.3, -0.25) is 62.1 Å². The van der Waals surface area contributed by atoms with E-state index in [2.05, 4.69) is 55.6 Å². The van der Waals surface area contributed by atoms with E-state index in [9.17, 15) is 33.9 Å². The predicted molar refractivity (Wildman–Crippen MR) is 529 cm³/mol. The summed E-state index contributed by atoms with van der Waals surface area (Å²) in [5, 5.41) is 12.8. The molecule has 3 N–H and O–H groups in total. The quantitative estimate of drug-likeness (QED) is 0.0431. The molecule has 5 aliphatic heterocycles. The van der Waals surface area contributed by atoms with Gasteiger partial charge in [-0.1, -0.05) is 83.3 Å². The Kier molecular flexibility index (Phi) is 32.9. The molecule has 3 amide bonds. The van der Waals surface area contributed by atoms with Crippen LogP contribution in [0.3, 0.4) is 0 Å². The second kappa shape index (κ2) is 45.6. The van der Waals surface area contributed by atoms with Crippen LogP contribution in [0.1, 0.15) is 94.9 Å². The molecule has 8 heterocycles. The number of hydrogen-bond acceptors (Lipinski definition) is 23. The van der Waals surface area contributed by atoms with Crippen molar-refractivity contribution in [1.82, 2.24) is 72.8 Å². The van der Waals surface area contributed by atoms with Crippen molar-refractivity contribution < 1.29 is 47.9 Å². The van der Waals surface area contributed by atoms with E-state index in [4.69, 9.17) is 83.9 Å². The van der Waals surface area contributed by atoms with Gasteiger partial charge in [-0.2, -0.15) is 0 Å². The number of aromatic nitrogens is 6. The summed E-state index contributed by atoms with van der Waals surface area (Å²) < 4.78 is 40.5. The second-order valence-electron chi connectivity index (χ2n) is 35.5. The maximum absolute atomic E-state index is 14.5. The standard InChI is InChI=1S/C37H44ClN5O5.C36H43ClN6O4.C30H32ClN5O4/c1-26(2)48-34-6-4-3-5-33(34)43-35(24-41-17-19-42(20-18-41)36(45)25-47-30-10-8-29(38)9-11-30)39-32-12-7-28(23-31(32)37(43)46)27-13-15-40(16-14-27)21-22-44;1-25(2)47-33-8-6-5-7-31(33)43-34(23-41-17-19-42(20-18-41)35(44)24-46-28-12-10-27(37)11-13-28)38-30-14-9-26(21-29(30)36(43)45)32-22-39(3)15-16-40(32)4;1-20(2)40-27-6-4-3-5-26(27)36-28(33-25-12-9-22(32)17-24(25)30(36)38)18-34-13-15-35(16-14-34)29(37)19-39-23-10-7-21(31)8-11-23/h3-12,23,26-27,44H,13-22,24-25H2,1-2H3;5-14,21,25,32H,15-20,22-24H2,1-4H3;3-12,17,20H,13-16,18-19,32H2,1-2H3. The molecule has 29 nitrogen and oxygen atoms in total. The minimum atomic E-state index is -0.208. The number of carbonyl (C=O) groups excluding carboxylic acids is 3. The lowest BCUT2D eigenvalue weighted by molar-refractivity contribution is -0.135. The van der Waals surface area contributed by atoms with Crippen LogP contribution in [0.4, 0.5) is 5.69 Å². The zero-order chi connectivity index (χ0) is 94.9. The van der Waals surface area contributed by atoms with Gasteiger partial charge in [0.25, 0.3) is 34.4 Å². The first-order valence-corrected chi connectivity index (χ1v) is 47.4. The van der Waals surface area contributed by atoms with Crippen molar-refractivity contribution >= 4 is 90.9 Å². The van der Waals surface area contributed by atoms with Crippen LogP contribution in [0, 0.1) is 0 Å². The molecular formula is C103H119Cl3N16O13. The first kappa shape index (κ1) is 97.5. The highest BCUT2D eigenvalue weighted by Gasteiger charge is 2.32. The van der Waals surface area contributed by atoms with Crippen molar-refractivity contribution in [1.29, 1.82) is 0 Å². The van der Waals surface area contributed by atoms with Gasteiger partial charge in [0.05, 0.1) is 94.3 Å². The van der Waals surface area contributed by atoms with Crippen LogP contribution < -0.4 is 50.8 Å². The van der Waals surface area contributed by atoms with Crippen molar-refractivity contribution in [3.05, 3.63) is 275 Å². The number of amides is 3. The molecule has 5 saturated heterocycles. The summed E-state index contributed by atoms with van der Waals surface area (Å²) in [6.45, 7) is 25.7. The number of piperazine rings is 4. The topological polar surface area (TPSA) is 287 Å². The average Bonchev–Trinajstić information content (AvgIpc) is 0.760. The fourth-order valence-electron chi connectivity index (χ4n) is 17.6. The highest BCUT2D eigenvalue weighted by Crippen LogP contribution is 2.35. The largest absolute Gasteiger partial charge is 0.489 e. The number of anilines is 1. The number of carbonyl (C=O) groups is 3. The Labute approximate surface area is 801 Å². The van der Waals surface area contributed by atoms with Gasteiger partial charge in [0.1, 0.15) is 52.0 Å². The lowest BCUT2D eigenvalue weighted by Crippen LogP contribution is -2.50.